The van der Waals surface area contributed by atoms with Crippen LogP contribution >= 0.6 is 15.9 Å². The summed E-state index contributed by atoms with van der Waals surface area (Å²) < 4.78 is 1.13. The summed E-state index contributed by atoms with van der Waals surface area (Å²) in [6, 6.07) is 14.6. The number of hydrogen-bond acceptors (Lipinski definition) is 2. The number of hydrogen-bond donors (Lipinski definition) is 0. The third-order valence-electron chi connectivity index (χ3n) is 4.68. The molecule has 3 rings (SSSR count). The van der Waals surface area contributed by atoms with Gasteiger partial charge in [0.15, 0.2) is 0 Å². The maximum Gasteiger partial charge on any atom is 0.227 e. The van der Waals surface area contributed by atoms with Crippen molar-refractivity contribution in [2.45, 2.75) is 20.3 Å². The molecule has 0 bridgehead atoms. The molecule has 0 spiro atoms. The number of halogens is 1. The number of amides is 1. The SMILES string of the molecule is Cc1ccc(N2CCN(C(=O)Cc3ccccc3C)CC2)c(Br)c1. The Labute approximate surface area is 152 Å². The Morgan fingerprint density at radius 1 is 1.04 bits per heavy atom. The normalized spacial score (nSPS) is 14.8. The van der Waals surface area contributed by atoms with Gasteiger partial charge in [-0.3, -0.25) is 4.79 Å². The zero-order valence-corrected chi connectivity index (χ0v) is 15.8. The highest BCUT2D eigenvalue weighted by atomic mass is 79.9. The first kappa shape index (κ1) is 17.0. The molecule has 0 radical (unpaired) electrons. The Bertz CT molecular complexity index is 736. The van der Waals surface area contributed by atoms with E-state index in [9.17, 15) is 4.79 Å². The van der Waals surface area contributed by atoms with E-state index in [4.69, 9.17) is 0 Å². The highest BCUT2D eigenvalue weighted by Crippen LogP contribution is 2.28. The van der Waals surface area contributed by atoms with Crippen LogP contribution in [0.2, 0.25) is 0 Å². The number of aryl methyl sites for hydroxylation is 2. The fraction of sp³-hybridized carbons (Fsp3) is 0.350. The first-order valence-corrected chi connectivity index (χ1v) is 9.17. The van der Waals surface area contributed by atoms with Crippen molar-refractivity contribution < 1.29 is 4.79 Å². The van der Waals surface area contributed by atoms with Crippen LogP contribution in [0.1, 0.15) is 16.7 Å². The molecule has 2 aromatic rings. The van der Waals surface area contributed by atoms with Crippen molar-refractivity contribution in [2.24, 2.45) is 0 Å². The van der Waals surface area contributed by atoms with Gasteiger partial charge in [-0.1, -0.05) is 30.3 Å². The Morgan fingerprint density at radius 2 is 1.75 bits per heavy atom. The van der Waals surface area contributed by atoms with Gasteiger partial charge in [-0.2, -0.15) is 0 Å². The van der Waals surface area contributed by atoms with Crippen molar-refractivity contribution >= 4 is 27.5 Å². The highest BCUT2D eigenvalue weighted by molar-refractivity contribution is 9.10. The Kier molecular flexibility index (Phi) is 5.24. The Hall–Kier alpha value is -1.81. The van der Waals surface area contributed by atoms with E-state index in [0.717, 1.165) is 36.2 Å². The molecule has 1 saturated heterocycles. The molecule has 0 saturated carbocycles. The molecule has 4 heteroatoms. The lowest BCUT2D eigenvalue weighted by atomic mass is 10.1. The Balaban J connectivity index is 1.60. The predicted octanol–water partition coefficient (Wildman–Crippen LogP) is 3.96. The van der Waals surface area contributed by atoms with Gasteiger partial charge >= 0.3 is 0 Å². The summed E-state index contributed by atoms with van der Waals surface area (Å²) >= 11 is 3.66. The van der Waals surface area contributed by atoms with Gasteiger partial charge in [0, 0.05) is 30.7 Å². The van der Waals surface area contributed by atoms with Crippen molar-refractivity contribution in [3.05, 3.63) is 63.6 Å². The molecule has 1 aliphatic heterocycles. The van der Waals surface area contributed by atoms with Gasteiger partial charge in [-0.15, -0.1) is 0 Å². The third-order valence-corrected chi connectivity index (χ3v) is 5.31. The van der Waals surface area contributed by atoms with Crippen LogP contribution in [0.3, 0.4) is 0 Å². The molecular weight excluding hydrogens is 364 g/mol. The van der Waals surface area contributed by atoms with Gasteiger partial charge < -0.3 is 9.80 Å². The van der Waals surface area contributed by atoms with Crippen molar-refractivity contribution in [3.8, 4) is 0 Å². The van der Waals surface area contributed by atoms with E-state index in [1.807, 2.05) is 23.1 Å². The lowest BCUT2D eigenvalue weighted by Gasteiger charge is -2.36. The van der Waals surface area contributed by atoms with Gasteiger partial charge in [0.25, 0.3) is 0 Å². The van der Waals surface area contributed by atoms with Crippen molar-refractivity contribution in [1.82, 2.24) is 4.90 Å². The zero-order chi connectivity index (χ0) is 17.1. The van der Waals surface area contributed by atoms with Crippen LogP contribution in [0.4, 0.5) is 5.69 Å². The van der Waals surface area contributed by atoms with E-state index in [-0.39, 0.29) is 5.91 Å². The average molecular weight is 387 g/mol. The van der Waals surface area contributed by atoms with Crippen molar-refractivity contribution in [2.75, 3.05) is 31.1 Å². The van der Waals surface area contributed by atoms with Crippen LogP contribution in [0.5, 0.6) is 0 Å². The lowest BCUT2D eigenvalue weighted by molar-refractivity contribution is -0.130. The molecule has 2 aromatic carbocycles. The molecular formula is C20H23BrN2O. The molecule has 1 heterocycles. The summed E-state index contributed by atoms with van der Waals surface area (Å²) in [6.45, 7) is 7.48. The van der Waals surface area contributed by atoms with Crippen LogP contribution in [0.25, 0.3) is 0 Å². The minimum absolute atomic E-state index is 0.229. The lowest BCUT2D eigenvalue weighted by Crippen LogP contribution is -2.49. The molecule has 3 nitrogen and oxygen atoms in total. The van der Waals surface area contributed by atoms with Gasteiger partial charge in [0.2, 0.25) is 5.91 Å². The number of carbonyl (C=O) groups is 1. The standard InChI is InChI=1S/C20H23BrN2O/c1-15-7-8-19(18(21)13-15)22-9-11-23(12-10-22)20(24)14-17-6-4-3-5-16(17)2/h3-8,13H,9-12,14H2,1-2H3. The summed E-state index contributed by atoms with van der Waals surface area (Å²) in [7, 11) is 0. The minimum Gasteiger partial charge on any atom is -0.367 e. The summed E-state index contributed by atoms with van der Waals surface area (Å²) in [5.41, 5.74) is 4.78. The summed E-state index contributed by atoms with van der Waals surface area (Å²) in [5, 5.41) is 0. The number of nitrogens with zero attached hydrogens (tertiary/aromatic N) is 2. The van der Waals surface area contributed by atoms with E-state index in [1.54, 1.807) is 0 Å². The molecule has 1 amide bonds. The monoisotopic (exact) mass is 386 g/mol. The molecule has 0 aliphatic carbocycles. The smallest absolute Gasteiger partial charge is 0.227 e. The number of piperazine rings is 1. The van der Waals surface area contributed by atoms with Gasteiger partial charge in [-0.25, -0.2) is 0 Å². The summed E-state index contributed by atoms with van der Waals surface area (Å²) in [5.74, 6) is 0.229. The van der Waals surface area contributed by atoms with E-state index in [0.29, 0.717) is 6.42 Å². The number of anilines is 1. The molecule has 0 unspecified atom stereocenters. The fourth-order valence-electron chi connectivity index (χ4n) is 3.15. The molecule has 1 aliphatic rings. The molecule has 0 N–H and O–H groups in total. The van der Waals surface area contributed by atoms with Crippen molar-refractivity contribution in [1.29, 1.82) is 0 Å². The Morgan fingerprint density at radius 3 is 2.42 bits per heavy atom. The van der Waals surface area contributed by atoms with Crippen molar-refractivity contribution in [3.63, 3.8) is 0 Å². The quantitative estimate of drug-likeness (QED) is 0.796. The second-order valence-corrected chi connectivity index (χ2v) is 7.28. The number of rotatable bonds is 3. The maximum absolute atomic E-state index is 12.6. The maximum atomic E-state index is 12.6. The van der Waals surface area contributed by atoms with Crippen LogP contribution in [-0.2, 0) is 11.2 Å². The van der Waals surface area contributed by atoms with E-state index >= 15 is 0 Å². The summed E-state index contributed by atoms with van der Waals surface area (Å²) in [6.07, 6.45) is 0.501. The van der Waals surface area contributed by atoms with E-state index in [2.05, 4.69) is 58.9 Å². The molecule has 24 heavy (non-hydrogen) atoms. The number of carbonyl (C=O) groups excluding carboxylic acids is 1. The molecule has 0 atom stereocenters. The fourth-order valence-corrected chi connectivity index (χ4v) is 3.89. The largest absolute Gasteiger partial charge is 0.367 e. The molecule has 0 aromatic heterocycles. The highest BCUT2D eigenvalue weighted by Gasteiger charge is 2.22. The third kappa shape index (κ3) is 3.81. The average Bonchev–Trinajstić information content (AvgIpc) is 2.57. The molecule has 126 valence electrons. The minimum atomic E-state index is 0.229. The van der Waals surface area contributed by atoms with Crippen LogP contribution in [0.15, 0.2) is 46.9 Å². The van der Waals surface area contributed by atoms with Crippen LogP contribution in [-0.4, -0.2) is 37.0 Å². The first-order chi connectivity index (χ1) is 11.5. The summed E-state index contributed by atoms with van der Waals surface area (Å²) in [4.78, 5) is 16.9. The van der Waals surface area contributed by atoms with Gasteiger partial charge in [-0.05, 0) is 58.6 Å². The van der Waals surface area contributed by atoms with E-state index in [1.165, 1.54) is 16.8 Å². The topological polar surface area (TPSA) is 23.6 Å². The molecule has 1 fully saturated rings. The van der Waals surface area contributed by atoms with E-state index < -0.39 is 0 Å². The zero-order valence-electron chi connectivity index (χ0n) is 14.3. The second kappa shape index (κ2) is 7.39. The van der Waals surface area contributed by atoms with Gasteiger partial charge in [0.05, 0.1) is 12.1 Å². The van der Waals surface area contributed by atoms with Crippen LogP contribution in [0, 0.1) is 13.8 Å². The second-order valence-electron chi connectivity index (χ2n) is 6.43. The predicted molar refractivity (Wildman–Crippen MR) is 103 cm³/mol. The van der Waals surface area contributed by atoms with Gasteiger partial charge in [0.1, 0.15) is 0 Å². The number of benzene rings is 2. The van der Waals surface area contributed by atoms with Crippen LogP contribution < -0.4 is 4.90 Å². The first-order valence-electron chi connectivity index (χ1n) is 8.38.